The van der Waals surface area contributed by atoms with Gasteiger partial charge >= 0.3 is 0 Å². The van der Waals surface area contributed by atoms with Crippen molar-refractivity contribution in [3.05, 3.63) is 29.8 Å². The van der Waals surface area contributed by atoms with Crippen molar-refractivity contribution < 1.29 is 9.53 Å². The predicted molar refractivity (Wildman–Crippen MR) is 70.6 cm³/mol. The molecule has 0 bridgehead atoms. The molecule has 96 valence electrons. The normalized spacial score (nSPS) is 9.29. The minimum absolute atomic E-state index is 0. The summed E-state index contributed by atoms with van der Waals surface area (Å²) in [6.07, 6.45) is 0.997. The van der Waals surface area contributed by atoms with Gasteiger partial charge in [0.25, 0.3) is 5.91 Å². The first-order valence-corrected chi connectivity index (χ1v) is 5.44. The van der Waals surface area contributed by atoms with Crippen LogP contribution >= 0.6 is 12.4 Å². The molecular formula is C12H19ClN2O2. The van der Waals surface area contributed by atoms with Gasteiger partial charge in [-0.1, -0.05) is 19.1 Å². The van der Waals surface area contributed by atoms with Crippen molar-refractivity contribution in [2.75, 3.05) is 19.7 Å². The minimum Gasteiger partial charge on any atom is -0.484 e. The van der Waals surface area contributed by atoms with Crippen LogP contribution in [0.4, 0.5) is 0 Å². The number of benzene rings is 1. The molecule has 1 amide bonds. The van der Waals surface area contributed by atoms with Crippen molar-refractivity contribution in [1.82, 2.24) is 5.32 Å². The summed E-state index contributed by atoms with van der Waals surface area (Å²) in [4.78, 5) is 11.2. The Morgan fingerprint density at radius 1 is 1.35 bits per heavy atom. The molecule has 0 heterocycles. The zero-order valence-electron chi connectivity index (χ0n) is 9.94. The number of carbonyl (C=O) groups excluding carboxylic acids is 1. The van der Waals surface area contributed by atoms with Crippen LogP contribution in [0.5, 0.6) is 5.75 Å². The first-order chi connectivity index (χ1) is 7.76. The first kappa shape index (κ1) is 15.7. The molecule has 4 nitrogen and oxygen atoms in total. The van der Waals surface area contributed by atoms with Crippen LogP contribution in [-0.4, -0.2) is 25.6 Å². The quantitative estimate of drug-likeness (QED) is 0.804. The lowest BCUT2D eigenvalue weighted by molar-refractivity contribution is -0.123. The van der Waals surface area contributed by atoms with Gasteiger partial charge in [0.15, 0.2) is 6.61 Å². The van der Waals surface area contributed by atoms with Crippen LogP contribution in [0.1, 0.15) is 12.5 Å². The molecule has 0 fully saturated rings. The number of hydrogen-bond donors (Lipinski definition) is 2. The number of hydrogen-bond acceptors (Lipinski definition) is 3. The van der Waals surface area contributed by atoms with Gasteiger partial charge < -0.3 is 15.8 Å². The third-order valence-electron chi connectivity index (χ3n) is 2.17. The summed E-state index contributed by atoms with van der Waals surface area (Å²) >= 11 is 0. The molecule has 5 heteroatoms. The fourth-order valence-electron chi connectivity index (χ4n) is 1.23. The molecule has 0 aliphatic carbocycles. The highest BCUT2D eigenvalue weighted by atomic mass is 35.5. The highest BCUT2D eigenvalue weighted by Crippen LogP contribution is 2.12. The molecule has 0 spiro atoms. The predicted octanol–water partition coefficient (Wildman–Crippen LogP) is 1.12. The average molecular weight is 259 g/mol. The summed E-state index contributed by atoms with van der Waals surface area (Å²) in [5.41, 5.74) is 6.51. The Kier molecular flexibility index (Phi) is 8.19. The first-order valence-electron chi connectivity index (χ1n) is 5.44. The van der Waals surface area contributed by atoms with Crippen LogP contribution in [0.15, 0.2) is 24.3 Å². The van der Waals surface area contributed by atoms with E-state index in [1.165, 1.54) is 5.56 Å². The van der Waals surface area contributed by atoms with Gasteiger partial charge in [0.1, 0.15) is 5.75 Å². The highest BCUT2D eigenvalue weighted by Gasteiger charge is 2.01. The average Bonchev–Trinajstić information content (AvgIpc) is 2.34. The molecule has 1 aromatic rings. The molecular weight excluding hydrogens is 240 g/mol. The molecule has 0 unspecified atom stereocenters. The largest absolute Gasteiger partial charge is 0.484 e. The molecule has 0 aliphatic heterocycles. The number of nitrogens with two attached hydrogens (primary N) is 1. The van der Waals surface area contributed by atoms with Crippen LogP contribution in [-0.2, 0) is 11.2 Å². The van der Waals surface area contributed by atoms with Crippen molar-refractivity contribution in [2.45, 2.75) is 13.3 Å². The van der Waals surface area contributed by atoms with Crippen LogP contribution < -0.4 is 15.8 Å². The summed E-state index contributed by atoms with van der Waals surface area (Å²) in [5, 5.41) is 2.64. The topological polar surface area (TPSA) is 64.3 Å². The van der Waals surface area contributed by atoms with E-state index in [0.717, 1.165) is 6.42 Å². The monoisotopic (exact) mass is 258 g/mol. The second-order valence-electron chi connectivity index (χ2n) is 3.42. The maximum Gasteiger partial charge on any atom is 0.257 e. The molecule has 0 atom stereocenters. The number of aryl methyl sites for hydroxylation is 1. The van der Waals surface area contributed by atoms with Gasteiger partial charge in [0.05, 0.1) is 0 Å². The van der Waals surface area contributed by atoms with Crippen LogP contribution in [0.3, 0.4) is 0 Å². The Hall–Kier alpha value is -1.26. The molecule has 0 aromatic heterocycles. The van der Waals surface area contributed by atoms with Crippen molar-refractivity contribution in [2.24, 2.45) is 5.73 Å². The number of nitrogens with one attached hydrogen (secondary N) is 1. The summed E-state index contributed by atoms with van der Waals surface area (Å²) < 4.78 is 5.31. The summed E-state index contributed by atoms with van der Waals surface area (Å²) in [5.74, 6) is 0.560. The van der Waals surface area contributed by atoms with Gasteiger partial charge in [0, 0.05) is 13.1 Å². The summed E-state index contributed by atoms with van der Waals surface area (Å²) in [6.45, 7) is 3.05. The Bertz CT molecular complexity index is 328. The maximum absolute atomic E-state index is 11.2. The Morgan fingerprint density at radius 3 is 2.53 bits per heavy atom. The van der Waals surface area contributed by atoms with Crippen molar-refractivity contribution in [1.29, 1.82) is 0 Å². The number of rotatable bonds is 6. The maximum atomic E-state index is 11.2. The van der Waals surface area contributed by atoms with Crippen molar-refractivity contribution >= 4 is 18.3 Å². The zero-order valence-corrected chi connectivity index (χ0v) is 10.8. The second-order valence-corrected chi connectivity index (χ2v) is 3.42. The third-order valence-corrected chi connectivity index (χ3v) is 2.17. The van der Waals surface area contributed by atoms with Gasteiger partial charge in [-0.05, 0) is 24.1 Å². The lowest BCUT2D eigenvalue weighted by atomic mass is 10.2. The molecule has 0 saturated carbocycles. The van der Waals surface area contributed by atoms with E-state index in [-0.39, 0.29) is 24.9 Å². The standard InChI is InChI=1S/C12H18N2O2.ClH/c1-2-10-3-5-11(6-4-10)16-9-12(15)14-8-7-13;/h3-6H,2,7-9,13H2,1H3,(H,14,15);1H. The molecule has 1 rings (SSSR count). The van der Waals surface area contributed by atoms with E-state index in [0.29, 0.717) is 18.8 Å². The van der Waals surface area contributed by atoms with E-state index in [9.17, 15) is 4.79 Å². The van der Waals surface area contributed by atoms with Gasteiger partial charge in [0.2, 0.25) is 0 Å². The molecule has 3 N–H and O–H groups in total. The van der Waals surface area contributed by atoms with E-state index < -0.39 is 0 Å². The highest BCUT2D eigenvalue weighted by molar-refractivity contribution is 5.85. The van der Waals surface area contributed by atoms with E-state index in [1.54, 1.807) is 0 Å². The number of amides is 1. The van der Waals surface area contributed by atoms with E-state index >= 15 is 0 Å². The number of halogens is 1. The Morgan fingerprint density at radius 2 is 2.00 bits per heavy atom. The van der Waals surface area contributed by atoms with Gasteiger partial charge in [-0.3, -0.25) is 4.79 Å². The van der Waals surface area contributed by atoms with Gasteiger partial charge in [-0.2, -0.15) is 0 Å². The number of ether oxygens (including phenoxy) is 1. The molecule has 0 radical (unpaired) electrons. The lowest BCUT2D eigenvalue weighted by Gasteiger charge is -2.07. The minimum atomic E-state index is -0.148. The van der Waals surface area contributed by atoms with Crippen LogP contribution in [0.25, 0.3) is 0 Å². The van der Waals surface area contributed by atoms with E-state index in [1.807, 2.05) is 24.3 Å². The SMILES string of the molecule is CCc1ccc(OCC(=O)NCCN)cc1.Cl. The molecule has 0 saturated heterocycles. The third kappa shape index (κ3) is 6.14. The lowest BCUT2D eigenvalue weighted by Crippen LogP contribution is -2.32. The Labute approximate surface area is 108 Å². The molecule has 0 aliphatic rings. The Balaban J connectivity index is 0.00000256. The van der Waals surface area contributed by atoms with E-state index in [4.69, 9.17) is 10.5 Å². The molecule has 17 heavy (non-hydrogen) atoms. The van der Waals surface area contributed by atoms with E-state index in [2.05, 4.69) is 12.2 Å². The number of carbonyl (C=O) groups is 1. The van der Waals surface area contributed by atoms with Crippen LogP contribution in [0, 0.1) is 0 Å². The summed E-state index contributed by atoms with van der Waals surface area (Å²) in [6, 6.07) is 7.73. The zero-order chi connectivity index (χ0) is 11.8. The van der Waals surface area contributed by atoms with Gasteiger partial charge in [-0.25, -0.2) is 0 Å². The van der Waals surface area contributed by atoms with Crippen molar-refractivity contribution in [3.8, 4) is 5.75 Å². The fraction of sp³-hybridized carbons (Fsp3) is 0.417. The van der Waals surface area contributed by atoms with Crippen molar-refractivity contribution in [3.63, 3.8) is 0 Å². The van der Waals surface area contributed by atoms with Gasteiger partial charge in [-0.15, -0.1) is 12.4 Å². The smallest absolute Gasteiger partial charge is 0.257 e. The second kappa shape index (κ2) is 8.84. The molecule has 1 aromatic carbocycles. The fourth-order valence-corrected chi connectivity index (χ4v) is 1.23. The summed E-state index contributed by atoms with van der Waals surface area (Å²) in [7, 11) is 0. The van der Waals surface area contributed by atoms with Crippen LogP contribution in [0.2, 0.25) is 0 Å².